The van der Waals surface area contributed by atoms with Crippen molar-refractivity contribution < 1.29 is 14.7 Å². The van der Waals surface area contributed by atoms with Gasteiger partial charge in [-0.2, -0.15) is 11.8 Å². The minimum atomic E-state index is -0.0285. The summed E-state index contributed by atoms with van der Waals surface area (Å²) < 4.78 is 0. The molecule has 1 aliphatic rings. The van der Waals surface area contributed by atoms with Crippen molar-refractivity contribution in [2.24, 2.45) is 11.1 Å². The summed E-state index contributed by atoms with van der Waals surface area (Å²) in [5.41, 5.74) is 2.26. The molecule has 6 heteroatoms. The van der Waals surface area contributed by atoms with E-state index in [-0.39, 0.29) is 24.1 Å². The van der Waals surface area contributed by atoms with Gasteiger partial charge in [-0.1, -0.05) is 50.9 Å². The van der Waals surface area contributed by atoms with Gasteiger partial charge in [-0.25, -0.2) is 0 Å². The largest absolute Gasteiger partial charge is 0.511 e. The van der Waals surface area contributed by atoms with Gasteiger partial charge in [0.2, 0.25) is 0 Å². The number of rotatable bonds is 10. The van der Waals surface area contributed by atoms with Crippen LogP contribution in [0.2, 0.25) is 0 Å². The molecule has 0 fully saturated rings. The zero-order valence-corrected chi connectivity index (χ0v) is 17.2. The molecule has 0 amide bonds. The van der Waals surface area contributed by atoms with Gasteiger partial charge in [0, 0.05) is 23.6 Å². The zero-order valence-electron chi connectivity index (χ0n) is 15.6. The maximum atomic E-state index is 12.6. The number of hydrogen-bond acceptors (Lipinski definition) is 5. The molecule has 4 nitrogen and oxygen atoms in total. The number of Topliss-reactive ketones (excluding diaryl/α,β-unsaturated/α-hetero) is 1. The molecule has 0 heterocycles. The predicted octanol–water partition coefficient (Wildman–Crippen LogP) is 5.62. The van der Waals surface area contributed by atoms with Crippen LogP contribution in [0.15, 0.2) is 28.1 Å². The number of hydrogen-bond donors (Lipinski definition) is 1. The summed E-state index contributed by atoms with van der Waals surface area (Å²) in [6.45, 7) is 8.79. The van der Waals surface area contributed by atoms with Gasteiger partial charge in [-0.3, -0.25) is 4.79 Å². The smallest absolute Gasteiger partial charge is 0.168 e. The molecular weight excluding hydrogens is 358 g/mol. The number of aliphatic hydroxyl groups is 1. The lowest BCUT2D eigenvalue weighted by atomic mass is 9.82. The molecule has 0 bridgehead atoms. The quantitative estimate of drug-likeness (QED) is 0.300. The van der Waals surface area contributed by atoms with Crippen LogP contribution in [0, 0.1) is 5.92 Å². The van der Waals surface area contributed by atoms with Gasteiger partial charge in [0.05, 0.1) is 11.3 Å². The molecule has 0 aliphatic heterocycles. The Bertz CT molecular complexity index is 529. The van der Waals surface area contributed by atoms with E-state index in [1.165, 1.54) is 5.54 Å². The van der Waals surface area contributed by atoms with E-state index in [1.54, 1.807) is 6.08 Å². The maximum absolute atomic E-state index is 12.6. The Kier molecular flexibility index (Phi) is 10.3. The van der Waals surface area contributed by atoms with E-state index >= 15 is 0 Å². The molecule has 0 aromatic carbocycles. The molecule has 1 aliphatic carbocycles. The lowest BCUT2D eigenvalue weighted by molar-refractivity contribution is -0.116. The van der Waals surface area contributed by atoms with Crippen LogP contribution in [-0.2, 0) is 9.63 Å². The van der Waals surface area contributed by atoms with Crippen molar-refractivity contribution in [3.05, 3.63) is 22.9 Å². The Hall–Kier alpha value is -0.940. The summed E-state index contributed by atoms with van der Waals surface area (Å²) in [6, 6.07) is 0. The van der Waals surface area contributed by atoms with Gasteiger partial charge in [-0.15, -0.1) is 0 Å². The Balaban J connectivity index is 2.83. The maximum Gasteiger partial charge on any atom is 0.168 e. The highest BCUT2D eigenvalue weighted by Crippen LogP contribution is 2.33. The molecule has 25 heavy (non-hydrogen) atoms. The number of nitrogens with zero attached hydrogens (tertiary/aromatic N) is 1. The van der Waals surface area contributed by atoms with E-state index in [2.05, 4.69) is 25.9 Å². The third kappa shape index (κ3) is 7.87. The first-order chi connectivity index (χ1) is 11.9. The SMILES string of the molecule is CCCC(=NOCC=CCl)C1=C(O)CC(CC(C)SC(C)C)CC1=O. The van der Waals surface area contributed by atoms with Crippen molar-refractivity contribution in [1.82, 2.24) is 0 Å². The molecule has 142 valence electrons. The van der Waals surface area contributed by atoms with Crippen molar-refractivity contribution in [2.75, 3.05) is 6.61 Å². The van der Waals surface area contributed by atoms with Crippen molar-refractivity contribution in [1.29, 1.82) is 0 Å². The summed E-state index contributed by atoms with van der Waals surface area (Å²) >= 11 is 7.36. The van der Waals surface area contributed by atoms with E-state index in [1.807, 2.05) is 18.7 Å². The molecule has 0 saturated heterocycles. The van der Waals surface area contributed by atoms with Crippen LogP contribution in [0.5, 0.6) is 0 Å². The third-order valence-corrected chi connectivity index (χ3v) is 5.28. The highest BCUT2D eigenvalue weighted by molar-refractivity contribution is 8.00. The number of halogens is 1. The molecular formula is C19H30ClNO3S. The molecule has 0 saturated carbocycles. The van der Waals surface area contributed by atoms with E-state index in [0.29, 0.717) is 41.0 Å². The van der Waals surface area contributed by atoms with Gasteiger partial charge in [0.25, 0.3) is 0 Å². The lowest BCUT2D eigenvalue weighted by Gasteiger charge is -2.26. The van der Waals surface area contributed by atoms with Crippen LogP contribution in [-0.4, -0.2) is 33.7 Å². The van der Waals surface area contributed by atoms with Crippen LogP contribution in [0.1, 0.15) is 59.8 Å². The monoisotopic (exact) mass is 387 g/mol. The predicted molar refractivity (Wildman–Crippen MR) is 107 cm³/mol. The molecule has 0 spiro atoms. The first kappa shape index (κ1) is 22.1. The Morgan fingerprint density at radius 1 is 1.44 bits per heavy atom. The minimum absolute atomic E-state index is 0.0285. The molecule has 0 aromatic rings. The molecule has 0 radical (unpaired) electrons. The van der Waals surface area contributed by atoms with E-state index < -0.39 is 0 Å². The number of ketones is 1. The van der Waals surface area contributed by atoms with Crippen LogP contribution in [0.25, 0.3) is 0 Å². The number of allylic oxidation sites excluding steroid dienone is 2. The van der Waals surface area contributed by atoms with Crippen molar-refractivity contribution in [2.45, 2.75) is 70.3 Å². The van der Waals surface area contributed by atoms with Gasteiger partial charge >= 0.3 is 0 Å². The molecule has 0 aromatic heterocycles. The average Bonchev–Trinajstić information content (AvgIpc) is 2.49. The van der Waals surface area contributed by atoms with Crippen molar-refractivity contribution in [3.8, 4) is 0 Å². The number of carbonyl (C=O) groups excluding carboxylic acids is 1. The Labute approximate surface area is 160 Å². The fraction of sp³-hybridized carbons (Fsp3) is 0.684. The fourth-order valence-corrected chi connectivity index (χ4v) is 4.49. The highest BCUT2D eigenvalue weighted by Gasteiger charge is 2.31. The van der Waals surface area contributed by atoms with Crippen LogP contribution >= 0.6 is 23.4 Å². The third-order valence-electron chi connectivity index (χ3n) is 3.90. The van der Waals surface area contributed by atoms with Gasteiger partial charge in [0.1, 0.15) is 12.4 Å². The summed E-state index contributed by atoms with van der Waals surface area (Å²) in [7, 11) is 0. The van der Waals surface area contributed by atoms with Crippen LogP contribution in [0.3, 0.4) is 0 Å². The second kappa shape index (κ2) is 11.6. The lowest BCUT2D eigenvalue weighted by Crippen LogP contribution is -2.26. The Morgan fingerprint density at radius 3 is 2.72 bits per heavy atom. The molecule has 2 unspecified atom stereocenters. The summed E-state index contributed by atoms with van der Waals surface area (Å²) in [5.74, 6) is 0.325. The number of oxime groups is 1. The Morgan fingerprint density at radius 2 is 2.16 bits per heavy atom. The van der Waals surface area contributed by atoms with Crippen molar-refractivity contribution in [3.63, 3.8) is 0 Å². The number of aliphatic hydroxyl groups excluding tert-OH is 1. The minimum Gasteiger partial charge on any atom is -0.511 e. The molecule has 2 atom stereocenters. The van der Waals surface area contributed by atoms with E-state index in [0.717, 1.165) is 12.8 Å². The van der Waals surface area contributed by atoms with E-state index in [4.69, 9.17) is 16.4 Å². The van der Waals surface area contributed by atoms with Crippen LogP contribution in [0.4, 0.5) is 0 Å². The summed E-state index contributed by atoms with van der Waals surface area (Å²) in [6.07, 6.45) is 4.97. The first-order valence-corrected chi connectivity index (χ1v) is 10.3. The second-order valence-corrected chi connectivity index (χ2v) is 8.97. The van der Waals surface area contributed by atoms with Crippen molar-refractivity contribution >= 4 is 34.9 Å². The van der Waals surface area contributed by atoms with Gasteiger partial charge in [-0.05, 0) is 30.1 Å². The van der Waals surface area contributed by atoms with E-state index in [9.17, 15) is 9.90 Å². The zero-order chi connectivity index (χ0) is 18.8. The molecule has 1 N–H and O–H groups in total. The standard InChI is InChI=1S/C19H30ClNO3S/c1-5-7-16(21-24-9-6-8-20)19-17(22)11-15(12-18(19)23)10-14(4)25-13(2)3/h6,8,13-15,22H,5,7,9-12H2,1-4H3. The fourth-order valence-electron chi connectivity index (χ4n) is 3.10. The van der Waals surface area contributed by atoms with Gasteiger partial charge in [0.15, 0.2) is 5.78 Å². The topological polar surface area (TPSA) is 58.9 Å². The summed E-state index contributed by atoms with van der Waals surface area (Å²) in [4.78, 5) is 17.8. The summed E-state index contributed by atoms with van der Waals surface area (Å²) in [5, 5.41) is 15.6. The highest BCUT2D eigenvalue weighted by atomic mass is 35.5. The number of carbonyl (C=O) groups is 1. The normalized spacial score (nSPS) is 20.6. The van der Waals surface area contributed by atoms with Gasteiger partial charge < -0.3 is 9.94 Å². The second-order valence-electron chi connectivity index (χ2n) is 6.70. The molecule has 1 rings (SSSR count). The van der Waals surface area contributed by atoms with Crippen LogP contribution < -0.4 is 0 Å². The first-order valence-electron chi connectivity index (χ1n) is 8.94. The average molecular weight is 388 g/mol. The number of thioether (sulfide) groups is 1.